The SMILES string of the molecule is CC(C)c1cc(C(=O)N2CCC[C@@H]2C(F)(F)F)n(C)n1. The zero-order valence-corrected chi connectivity index (χ0v) is 11.7. The zero-order valence-electron chi connectivity index (χ0n) is 11.7. The minimum atomic E-state index is -4.37. The lowest BCUT2D eigenvalue weighted by Gasteiger charge is -2.26. The van der Waals surface area contributed by atoms with Crippen molar-refractivity contribution in [3.8, 4) is 0 Å². The van der Waals surface area contributed by atoms with E-state index in [9.17, 15) is 18.0 Å². The van der Waals surface area contributed by atoms with Gasteiger partial charge in [-0.3, -0.25) is 9.48 Å². The van der Waals surface area contributed by atoms with Crippen molar-refractivity contribution in [3.05, 3.63) is 17.5 Å². The molecule has 7 heteroatoms. The molecule has 1 aromatic rings. The van der Waals surface area contributed by atoms with Crippen LogP contribution in [0.15, 0.2) is 6.07 Å². The highest BCUT2D eigenvalue weighted by Crippen LogP contribution is 2.33. The molecule has 0 bridgehead atoms. The summed E-state index contributed by atoms with van der Waals surface area (Å²) in [6.07, 6.45) is -4.01. The normalized spacial score (nSPS) is 19.9. The second-order valence-electron chi connectivity index (χ2n) is 5.43. The molecule has 1 atom stereocenters. The summed E-state index contributed by atoms with van der Waals surface area (Å²) in [5, 5.41) is 4.18. The molecule has 1 saturated heterocycles. The van der Waals surface area contributed by atoms with E-state index in [2.05, 4.69) is 5.10 Å². The van der Waals surface area contributed by atoms with Crippen molar-refractivity contribution in [1.29, 1.82) is 0 Å². The Bertz CT molecular complexity index is 507. The van der Waals surface area contributed by atoms with Crippen molar-refractivity contribution in [1.82, 2.24) is 14.7 Å². The first-order valence-corrected chi connectivity index (χ1v) is 6.63. The summed E-state index contributed by atoms with van der Waals surface area (Å²) in [7, 11) is 1.58. The molecular formula is C13H18F3N3O. The first kappa shape index (κ1) is 14.9. The Hall–Kier alpha value is -1.53. The number of rotatable bonds is 2. The summed E-state index contributed by atoms with van der Waals surface area (Å²) in [4.78, 5) is 13.2. The number of aryl methyl sites for hydroxylation is 1. The van der Waals surface area contributed by atoms with Crippen molar-refractivity contribution in [2.75, 3.05) is 6.54 Å². The Morgan fingerprint density at radius 2 is 2.10 bits per heavy atom. The number of alkyl halides is 3. The van der Waals surface area contributed by atoms with Crippen LogP contribution >= 0.6 is 0 Å². The molecule has 0 aliphatic carbocycles. The number of hydrogen-bond donors (Lipinski definition) is 0. The molecule has 4 nitrogen and oxygen atoms in total. The smallest absolute Gasteiger partial charge is 0.325 e. The first-order valence-electron chi connectivity index (χ1n) is 6.63. The second-order valence-corrected chi connectivity index (χ2v) is 5.43. The van der Waals surface area contributed by atoms with E-state index < -0.39 is 18.1 Å². The Labute approximate surface area is 115 Å². The summed E-state index contributed by atoms with van der Waals surface area (Å²) in [5.74, 6) is -0.466. The van der Waals surface area contributed by atoms with Crippen molar-refractivity contribution in [2.45, 2.75) is 44.8 Å². The van der Waals surface area contributed by atoms with E-state index >= 15 is 0 Å². The molecule has 1 aromatic heterocycles. The van der Waals surface area contributed by atoms with Gasteiger partial charge >= 0.3 is 6.18 Å². The maximum Gasteiger partial charge on any atom is 0.408 e. The highest BCUT2D eigenvalue weighted by Gasteiger charge is 2.48. The molecule has 1 aliphatic rings. The number of carbonyl (C=O) groups excluding carboxylic acids is 1. The van der Waals surface area contributed by atoms with Crippen molar-refractivity contribution >= 4 is 5.91 Å². The van der Waals surface area contributed by atoms with Gasteiger partial charge < -0.3 is 4.90 Å². The number of carbonyl (C=O) groups is 1. The van der Waals surface area contributed by atoms with Gasteiger partial charge in [-0.25, -0.2) is 0 Å². The molecule has 0 aromatic carbocycles. The topological polar surface area (TPSA) is 38.1 Å². The third-order valence-electron chi connectivity index (χ3n) is 3.60. The highest BCUT2D eigenvalue weighted by atomic mass is 19.4. The Balaban J connectivity index is 2.27. The predicted molar refractivity (Wildman–Crippen MR) is 67.4 cm³/mol. The number of amides is 1. The molecule has 20 heavy (non-hydrogen) atoms. The number of likely N-dealkylation sites (tertiary alicyclic amines) is 1. The molecule has 0 N–H and O–H groups in total. The summed E-state index contributed by atoms with van der Waals surface area (Å²) in [5.41, 5.74) is 0.920. The second kappa shape index (κ2) is 5.10. The third-order valence-corrected chi connectivity index (χ3v) is 3.60. The molecule has 1 fully saturated rings. The Kier molecular flexibility index (Phi) is 3.80. The van der Waals surface area contributed by atoms with Crippen LogP contribution in [0, 0.1) is 0 Å². The Morgan fingerprint density at radius 1 is 1.45 bits per heavy atom. The molecule has 2 rings (SSSR count). The zero-order chi connectivity index (χ0) is 15.1. The standard InChI is InChI=1S/C13H18F3N3O/c1-8(2)9-7-10(18(3)17-9)12(20)19-6-4-5-11(19)13(14,15)16/h7-8,11H,4-6H2,1-3H3/t11-/m1/s1. The minimum Gasteiger partial charge on any atom is -0.325 e. The van der Waals surface area contributed by atoms with Gasteiger partial charge in [-0.2, -0.15) is 18.3 Å². The van der Waals surface area contributed by atoms with Crippen molar-refractivity contribution in [2.24, 2.45) is 7.05 Å². The fourth-order valence-corrected chi connectivity index (χ4v) is 2.47. The number of halogens is 3. The lowest BCUT2D eigenvalue weighted by Crippen LogP contribution is -2.45. The van der Waals surface area contributed by atoms with Crippen LogP contribution < -0.4 is 0 Å². The molecular weight excluding hydrogens is 271 g/mol. The summed E-state index contributed by atoms with van der Waals surface area (Å²) >= 11 is 0. The summed E-state index contributed by atoms with van der Waals surface area (Å²) < 4.78 is 40.1. The summed E-state index contributed by atoms with van der Waals surface area (Å²) in [6, 6.07) is -0.0916. The monoisotopic (exact) mass is 289 g/mol. The molecule has 1 amide bonds. The Morgan fingerprint density at radius 3 is 2.60 bits per heavy atom. The van der Waals surface area contributed by atoms with Crippen LogP contribution in [-0.4, -0.2) is 39.4 Å². The number of nitrogens with zero attached hydrogens (tertiary/aromatic N) is 3. The first-order chi connectivity index (χ1) is 9.21. The quantitative estimate of drug-likeness (QED) is 0.839. The van der Waals surface area contributed by atoms with Crippen LogP contribution in [0.2, 0.25) is 0 Å². The maximum atomic E-state index is 12.9. The highest BCUT2D eigenvalue weighted by molar-refractivity contribution is 5.93. The van der Waals surface area contributed by atoms with Gasteiger partial charge in [0, 0.05) is 13.6 Å². The van der Waals surface area contributed by atoms with Crippen molar-refractivity contribution in [3.63, 3.8) is 0 Å². The molecule has 0 saturated carbocycles. The molecule has 112 valence electrons. The van der Waals surface area contributed by atoms with Crippen LogP contribution in [0.3, 0.4) is 0 Å². The predicted octanol–water partition coefficient (Wildman–Crippen LogP) is 2.71. The van der Waals surface area contributed by atoms with E-state index in [4.69, 9.17) is 0 Å². The van der Waals surface area contributed by atoms with E-state index in [0.29, 0.717) is 12.1 Å². The van der Waals surface area contributed by atoms with Crippen LogP contribution in [0.5, 0.6) is 0 Å². The van der Waals surface area contributed by atoms with Crippen LogP contribution in [-0.2, 0) is 7.05 Å². The van der Waals surface area contributed by atoms with Gasteiger partial charge in [0.25, 0.3) is 5.91 Å². The molecule has 1 aliphatic heterocycles. The van der Waals surface area contributed by atoms with E-state index in [0.717, 1.165) is 4.90 Å². The molecule has 0 spiro atoms. The summed E-state index contributed by atoms with van der Waals surface area (Å²) in [6.45, 7) is 3.99. The fourth-order valence-electron chi connectivity index (χ4n) is 2.47. The van der Waals surface area contributed by atoms with Crippen LogP contribution in [0.1, 0.15) is 48.8 Å². The van der Waals surface area contributed by atoms with Gasteiger partial charge in [0.05, 0.1) is 5.69 Å². The third kappa shape index (κ3) is 2.66. The van der Waals surface area contributed by atoms with Gasteiger partial charge in [0.1, 0.15) is 11.7 Å². The van der Waals surface area contributed by atoms with E-state index in [1.165, 1.54) is 4.68 Å². The maximum absolute atomic E-state index is 12.9. The van der Waals surface area contributed by atoms with E-state index in [-0.39, 0.29) is 24.6 Å². The number of aromatic nitrogens is 2. The van der Waals surface area contributed by atoms with Gasteiger partial charge in [0.15, 0.2) is 0 Å². The minimum absolute atomic E-state index is 0.0237. The lowest BCUT2D eigenvalue weighted by atomic mass is 10.1. The van der Waals surface area contributed by atoms with Crippen LogP contribution in [0.4, 0.5) is 13.2 Å². The fraction of sp³-hybridized carbons (Fsp3) is 0.692. The molecule has 0 radical (unpaired) electrons. The van der Waals surface area contributed by atoms with E-state index in [1.807, 2.05) is 13.8 Å². The largest absolute Gasteiger partial charge is 0.408 e. The van der Waals surface area contributed by atoms with Gasteiger partial charge in [-0.1, -0.05) is 13.8 Å². The average molecular weight is 289 g/mol. The van der Waals surface area contributed by atoms with E-state index in [1.54, 1.807) is 13.1 Å². The van der Waals surface area contributed by atoms with Crippen LogP contribution in [0.25, 0.3) is 0 Å². The van der Waals surface area contributed by atoms with Gasteiger partial charge in [-0.15, -0.1) is 0 Å². The molecule has 2 heterocycles. The molecule has 0 unspecified atom stereocenters. The van der Waals surface area contributed by atoms with Gasteiger partial charge in [0.2, 0.25) is 0 Å². The van der Waals surface area contributed by atoms with Gasteiger partial charge in [-0.05, 0) is 24.8 Å². The number of hydrogen-bond acceptors (Lipinski definition) is 2. The average Bonchev–Trinajstić information content (AvgIpc) is 2.93. The lowest BCUT2D eigenvalue weighted by molar-refractivity contribution is -0.169. The van der Waals surface area contributed by atoms with Crippen molar-refractivity contribution < 1.29 is 18.0 Å².